The lowest BCUT2D eigenvalue weighted by atomic mass is 10.2. The Hall–Kier alpha value is -1.31. The van der Waals surface area contributed by atoms with Gasteiger partial charge in [-0.25, -0.2) is 0 Å². The van der Waals surface area contributed by atoms with E-state index in [1.54, 1.807) is 0 Å². The molecule has 164 valence electrons. The number of morpholine rings is 1. The van der Waals surface area contributed by atoms with Gasteiger partial charge in [0.15, 0.2) is 11.5 Å². The fraction of sp³-hybridized carbons (Fsp3) is 0.478. The summed E-state index contributed by atoms with van der Waals surface area (Å²) in [6, 6.07) is 11.8. The molecule has 1 aliphatic heterocycles. The number of nitrogens with zero attached hydrogens (tertiary/aromatic N) is 1. The Morgan fingerprint density at radius 1 is 1.10 bits per heavy atom. The number of rotatable bonds is 11. The first kappa shape index (κ1) is 23.4. The van der Waals surface area contributed by atoms with Crippen LogP contribution in [0.15, 0.2) is 40.9 Å². The van der Waals surface area contributed by atoms with Crippen molar-refractivity contribution in [1.29, 1.82) is 0 Å². The van der Waals surface area contributed by atoms with Crippen LogP contribution >= 0.6 is 27.5 Å². The van der Waals surface area contributed by atoms with E-state index in [1.807, 2.05) is 31.2 Å². The highest BCUT2D eigenvalue weighted by Gasteiger charge is 2.13. The number of ether oxygens (including phenoxy) is 3. The SMILES string of the molecule is CCOc1cc(CNCCCN2CCOCC2)cc(Br)c1OCc1ccc(Cl)cc1. The van der Waals surface area contributed by atoms with Gasteiger partial charge in [-0.3, -0.25) is 4.90 Å². The van der Waals surface area contributed by atoms with Crippen LogP contribution in [0.25, 0.3) is 0 Å². The Morgan fingerprint density at radius 3 is 2.60 bits per heavy atom. The number of hydrogen-bond acceptors (Lipinski definition) is 5. The summed E-state index contributed by atoms with van der Waals surface area (Å²) >= 11 is 9.61. The van der Waals surface area contributed by atoms with Crippen molar-refractivity contribution in [1.82, 2.24) is 10.2 Å². The quantitative estimate of drug-likeness (QED) is 0.448. The van der Waals surface area contributed by atoms with Crippen LogP contribution in [0.3, 0.4) is 0 Å². The first-order valence-electron chi connectivity index (χ1n) is 10.5. The minimum atomic E-state index is 0.453. The van der Waals surface area contributed by atoms with Crippen LogP contribution in [0.1, 0.15) is 24.5 Å². The maximum absolute atomic E-state index is 6.06. The second-order valence-corrected chi connectivity index (χ2v) is 8.53. The van der Waals surface area contributed by atoms with Gasteiger partial charge in [0, 0.05) is 24.7 Å². The molecule has 0 aliphatic carbocycles. The number of halogens is 2. The molecule has 7 heteroatoms. The van der Waals surface area contributed by atoms with Gasteiger partial charge in [0.1, 0.15) is 6.61 Å². The standard InChI is InChI=1S/C23H30BrClN2O3/c1-2-29-22-15-19(16-26-8-3-9-27-10-12-28-13-11-27)14-21(24)23(22)30-17-18-4-6-20(25)7-5-18/h4-7,14-15,26H,2-3,8-13,16-17H2,1H3. The molecule has 0 spiro atoms. The Morgan fingerprint density at radius 2 is 1.87 bits per heavy atom. The minimum Gasteiger partial charge on any atom is -0.490 e. The minimum absolute atomic E-state index is 0.453. The predicted octanol–water partition coefficient (Wildman–Crippen LogP) is 4.89. The molecule has 0 bridgehead atoms. The van der Waals surface area contributed by atoms with Crippen LogP contribution in [0, 0.1) is 0 Å². The average molecular weight is 498 g/mol. The second kappa shape index (κ2) is 12.5. The fourth-order valence-corrected chi connectivity index (χ4v) is 4.08. The molecule has 5 nitrogen and oxygen atoms in total. The normalized spacial score (nSPS) is 14.6. The molecule has 0 atom stereocenters. The van der Waals surface area contributed by atoms with E-state index in [2.05, 4.69) is 38.3 Å². The van der Waals surface area contributed by atoms with Gasteiger partial charge in [-0.2, -0.15) is 0 Å². The number of benzene rings is 2. The van der Waals surface area contributed by atoms with Crippen LogP contribution in [-0.2, 0) is 17.9 Å². The van der Waals surface area contributed by atoms with Crippen LogP contribution < -0.4 is 14.8 Å². The van der Waals surface area contributed by atoms with Crippen molar-refractivity contribution in [3.05, 3.63) is 57.0 Å². The molecule has 0 amide bonds. The van der Waals surface area contributed by atoms with E-state index in [9.17, 15) is 0 Å². The van der Waals surface area contributed by atoms with Gasteiger partial charge in [0.2, 0.25) is 0 Å². The number of nitrogens with one attached hydrogen (secondary N) is 1. The van der Waals surface area contributed by atoms with Crippen molar-refractivity contribution in [3.63, 3.8) is 0 Å². The van der Waals surface area contributed by atoms with Crippen LogP contribution in [-0.4, -0.2) is 50.9 Å². The van der Waals surface area contributed by atoms with E-state index in [0.29, 0.717) is 13.2 Å². The Bertz CT molecular complexity index is 783. The summed E-state index contributed by atoms with van der Waals surface area (Å²) in [6.07, 6.45) is 1.13. The topological polar surface area (TPSA) is 43.0 Å². The van der Waals surface area contributed by atoms with Gasteiger partial charge in [0.25, 0.3) is 0 Å². The van der Waals surface area contributed by atoms with Crippen molar-refractivity contribution in [2.75, 3.05) is 46.0 Å². The molecule has 2 aromatic rings. The summed E-state index contributed by atoms with van der Waals surface area (Å²) in [5.41, 5.74) is 2.22. The van der Waals surface area contributed by atoms with Gasteiger partial charge < -0.3 is 19.5 Å². The maximum atomic E-state index is 6.06. The van der Waals surface area contributed by atoms with Gasteiger partial charge in [0.05, 0.1) is 24.3 Å². The van der Waals surface area contributed by atoms with Crippen LogP contribution in [0.2, 0.25) is 5.02 Å². The second-order valence-electron chi connectivity index (χ2n) is 7.24. The van der Waals surface area contributed by atoms with Crippen molar-refractivity contribution in [3.8, 4) is 11.5 Å². The molecule has 0 radical (unpaired) electrons. The fourth-order valence-electron chi connectivity index (χ4n) is 3.35. The van der Waals surface area contributed by atoms with E-state index in [1.165, 1.54) is 0 Å². The molecular weight excluding hydrogens is 468 g/mol. The Labute approximate surface area is 192 Å². The molecule has 1 heterocycles. The highest BCUT2D eigenvalue weighted by molar-refractivity contribution is 9.10. The third-order valence-corrected chi connectivity index (χ3v) is 5.77. The van der Waals surface area contributed by atoms with E-state index < -0.39 is 0 Å². The van der Waals surface area contributed by atoms with Gasteiger partial charge >= 0.3 is 0 Å². The lowest BCUT2D eigenvalue weighted by Crippen LogP contribution is -2.37. The first-order valence-corrected chi connectivity index (χ1v) is 11.7. The zero-order valence-corrected chi connectivity index (χ0v) is 19.8. The maximum Gasteiger partial charge on any atom is 0.175 e. The van der Waals surface area contributed by atoms with Crippen LogP contribution in [0.5, 0.6) is 11.5 Å². The molecular formula is C23H30BrClN2O3. The third kappa shape index (κ3) is 7.43. The monoisotopic (exact) mass is 496 g/mol. The Kier molecular flexibility index (Phi) is 9.75. The lowest BCUT2D eigenvalue weighted by Gasteiger charge is -2.26. The van der Waals surface area contributed by atoms with E-state index >= 15 is 0 Å². The molecule has 1 fully saturated rings. The smallest absolute Gasteiger partial charge is 0.175 e. The third-order valence-electron chi connectivity index (χ3n) is 4.93. The first-order chi connectivity index (χ1) is 14.7. The van der Waals surface area contributed by atoms with Gasteiger partial charge in [-0.1, -0.05) is 23.7 Å². The molecule has 1 saturated heterocycles. The molecule has 0 aromatic heterocycles. The van der Waals surface area contributed by atoms with Crippen molar-refractivity contribution >= 4 is 27.5 Å². The van der Waals surface area contributed by atoms with E-state index in [4.69, 9.17) is 25.8 Å². The molecule has 30 heavy (non-hydrogen) atoms. The summed E-state index contributed by atoms with van der Waals surface area (Å²) in [4.78, 5) is 2.46. The summed E-state index contributed by atoms with van der Waals surface area (Å²) in [6.45, 7) is 9.70. The summed E-state index contributed by atoms with van der Waals surface area (Å²) < 4.78 is 18.2. The lowest BCUT2D eigenvalue weighted by molar-refractivity contribution is 0.0374. The van der Waals surface area contributed by atoms with E-state index in [0.717, 1.165) is 84.5 Å². The van der Waals surface area contributed by atoms with Crippen molar-refractivity contribution in [2.45, 2.75) is 26.5 Å². The molecule has 1 aliphatic rings. The molecule has 3 rings (SSSR count). The number of hydrogen-bond donors (Lipinski definition) is 1. The summed E-state index contributed by atoms with van der Waals surface area (Å²) in [5.74, 6) is 1.48. The van der Waals surface area contributed by atoms with Gasteiger partial charge in [-0.15, -0.1) is 0 Å². The zero-order chi connectivity index (χ0) is 21.2. The summed E-state index contributed by atoms with van der Waals surface area (Å²) in [7, 11) is 0. The van der Waals surface area contributed by atoms with E-state index in [-0.39, 0.29) is 0 Å². The van der Waals surface area contributed by atoms with Crippen molar-refractivity contribution < 1.29 is 14.2 Å². The highest BCUT2D eigenvalue weighted by Crippen LogP contribution is 2.37. The Balaban J connectivity index is 1.52. The molecule has 0 saturated carbocycles. The molecule has 1 N–H and O–H groups in total. The largest absolute Gasteiger partial charge is 0.490 e. The zero-order valence-electron chi connectivity index (χ0n) is 17.5. The highest BCUT2D eigenvalue weighted by atomic mass is 79.9. The molecule has 2 aromatic carbocycles. The average Bonchev–Trinajstić information content (AvgIpc) is 2.75. The van der Waals surface area contributed by atoms with Gasteiger partial charge in [-0.05, 0) is 77.8 Å². The van der Waals surface area contributed by atoms with Crippen molar-refractivity contribution in [2.24, 2.45) is 0 Å². The summed E-state index contributed by atoms with van der Waals surface area (Å²) in [5, 5.41) is 4.25. The molecule has 0 unspecified atom stereocenters. The van der Waals surface area contributed by atoms with Crippen LogP contribution in [0.4, 0.5) is 0 Å². The predicted molar refractivity (Wildman–Crippen MR) is 125 cm³/mol.